The fourth-order valence-electron chi connectivity index (χ4n) is 4.35. The first kappa shape index (κ1) is 18.2. The van der Waals surface area contributed by atoms with E-state index in [2.05, 4.69) is 52.9 Å². The molecule has 2 aliphatic rings. The van der Waals surface area contributed by atoms with Crippen molar-refractivity contribution in [2.24, 2.45) is 16.3 Å². The second kappa shape index (κ2) is 8.70. The molecule has 2 atom stereocenters. The van der Waals surface area contributed by atoms with Gasteiger partial charge in [0.05, 0.1) is 6.10 Å². The quantitative estimate of drug-likeness (QED) is 0.608. The zero-order valence-corrected chi connectivity index (χ0v) is 15.8. The van der Waals surface area contributed by atoms with Crippen LogP contribution < -0.4 is 10.6 Å². The van der Waals surface area contributed by atoms with E-state index in [1.165, 1.54) is 37.7 Å². The lowest BCUT2D eigenvalue weighted by atomic mass is 9.83. The van der Waals surface area contributed by atoms with Crippen LogP contribution in [0.2, 0.25) is 0 Å². The first-order valence-corrected chi connectivity index (χ1v) is 9.87. The Balaban J connectivity index is 1.51. The van der Waals surface area contributed by atoms with E-state index in [9.17, 15) is 0 Å². The summed E-state index contributed by atoms with van der Waals surface area (Å²) in [7, 11) is 1.86. The summed E-state index contributed by atoms with van der Waals surface area (Å²) in [6.45, 7) is 5.10. The van der Waals surface area contributed by atoms with Gasteiger partial charge in [0.15, 0.2) is 5.96 Å². The zero-order chi connectivity index (χ0) is 17.5. The lowest BCUT2D eigenvalue weighted by Crippen LogP contribution is -2.44. The summed E-state index contributed by atoms with van der Waals surface area (Å²) in [5, 5.41) is 7.12. The van der Waals surface area contributed by atoms with Crippen LogP contribution in [0.3, 0.4) is 0 Å². The van der Waals surface area contributed by atoms with Crippen molar-refractivity contribution >= 4 is 5.96 Å². The first-order valence-electron chi connectivity index (χ1n) is 9.87. The molecule has 25 heavy (non-hydrogen) atoms. The second-order valence-electron chi connectivity index (χ2n) is 7.62. The first-order chi connectivity index (χ1) is 12.3. The van der Waals surface area contributed by atoms with Crippen LogP contribution in [0.25, 0.3) is 0 Å². The van der Waals surface area contributed by atoms with E-state index in [0.29, 0.717) is 11.3 Å². The Morgan fingerprint density at radius 2 is 1.96 bits per heavy atom. The van der Waals surface area contributed by atoms with Crippen molar-refractivity contribution in [1.29, 1.82) is 0 Å². The number of guanidine groups is 1. The van der Waals surface area contributed by atoms with E-state index >= 15 is 0 Å². The molecule has 2 unspecified atom stereocenters. The number of benzene rings is 1. The molecule has 0 bridgehead atoms. The summed E-state index contributed by atoms with van der Waals surface area (Å²) in [6, 6.07) is 10.6. The van der Waals surface area contributed by atoms with Gasteiger partial charge in [0.25, 0.3) is 0 Å². The minimum atomic E-state index is 0.198. The topological polar surface area (TPSA) is 45.7 Å². The molecular formula is C21H33N3O. The van der Waals surface area contributed by atoms with Crippen LogP contribution >= 0.6 is 0 Å². The van der Waals surface area contributed by atoms with Crippen molar-refractivity contribution in [3.8, 4) is 0 Å². The minimum absolute atomic E-state index is 0.198. The van der Waals surface area contributed by atoms with Gasteiger partial charge in [-0.2, -0.15) is 0 Å². The molecule has 0 spiro atoms. The average Bonchev–Trinajstić information content (AvgIpc) is 3.32. The Kier molecular flexibility index (Phi) is 6.35. The normalized spacial score (nSPS) is 25.9. The molecule has 1 aliphatic heterocycles. The van der Waals surface area contributed by atoms with Crippen molar-refractivity contribution in [2.75, 3.05) is 26.7 Å². The Morgan fingerprint density at radius 1 is 1.20 bits per heavy atom. The lowest BCUT2D eigenvalue weighted by molar-refractivity contribution is 0.0915. The van der Waals surface area contributed by atoms with Crippen molar-refractivity contribution in [3.05, 3.63) is 35.9 Å². The average molecular weight is 344 g/mol. The molecule has 3 rings (SSSR count). The minimum Gasteiger partial charge on any atom is -0.373 e. The molecule has 2 fully saturated rings. The maximum absolute atomic E-state index is 5.99. The Hall–Kier alpha value is -1.55. The maximum Gasteiger partial charge on any atom is 0.191 e. The van der Waals surface area contributed by atoms with Crippen LogP contribution in [0.5, 0.6) is 0 Å². The van der Waals surface area contributed by atoms with Crippen molar-refractivity contribution in [1.82, 2.24) is 10.6 Å². The molecule has 138 valence electrons. The van der Waals surface area contributed by atoms with E-state index in [-0.39, 0.29) is 6.10 Å². The number of rotatable bonds is 6. The highest BCUT2D eigenvalue weighted by molar-refractivity contribution is 5.79. The maximum atomic E-state index is 5.99. The number of aliphatic imine (C=N–C) groups is 1. The molecule has 2 N–H and O–H groups in total. The van der Waals surface area contributed by atoms with Crippen molar-refractivity contribution in [2.45, 2.75) is 51.6 Å². The smallest absolute Gasteiger partial charge is 0.191 e. The number of ether oxygens (including phenoxy) is 1. The highest BCUT2D eigenvalue weighted by Gasteiger charge is 2.32. The largest absolute Gasteiger partial charge is 0.373 e. The molecule has 1 heterocycles. The van der Waals surface area contributed by atoms with Gasteiger partial charge in [-0.1, -0.05) is 50.1 Å². The molecule has 1 aromatic carbocycles. The molecule has 0 aromatic heterocycles. The SMILES string of the molecule is CCC1(CNC(=NC)NCC2CCOC2c2ccccc2)CCCC1. The van der Waals surface area contributed by atoms with Crippen LogP contribution in [-0.4, -0.2) is 32.7 Å². The van der Waals surface area contributed by atoms with Gasteiger partial charge >= 0.3 is 0 Å². The molecule has 1 aliphatic carbocycles. The third kappa shape index (κ3) is 4.55. The van der Waals surface area contributed by atoms with Crippen LogP contribution in [0.1, 0.15) is 57.1 Å². The van der Waals surface area contributed by atoms with Crippen LogP contribution in [-0.2, 0) is 4.74 Å². The molecule has 0 amide bonds. The summed E-state index contributed by atoms with van der Waals surface area (Å²) in [4.78, 5) is 4.43. The van der Waals surface area contributed by atoms with Gasteiger partial charge in [-0.15, -0.1) is 0 Å². The molecular weight excluding hydrogens is 310 g/mol. The third-order valence-electron chi connectivity index (χ3n) is 6.14. The molecule has 1 saturated carbocycles. The van der Waals surface area contributed by atoms with Crippen LogP contribution in [0, 0.1) is 11.3 Å². The second-order valence-corrected chi connectivity index (χ2v) is 7.62. The van der Waals surface area contributed by atoms with Gasteiger partial charge < -0.3 is 15.4 Å². The summed E-state index contributed by atoms with van der Waals surface area (Å²) >= 11 is 0. The predicted octanol–water partition coefficient (Wildman–Crippen LogP) is 3.90. The molecule has 1 saturated heterocycles. The fourth-order valence-corrected chi connectivity index (χ4v) is 4.35. The van der Waals surface area contributed by atoms with Gasteiger partial charge in [-0.05, 0) is 36.7 Å². The molecule has 1 aromatic rings. The van der Waals surface area contributed by atoms with Gasteiger partial charge in [0, 0.05) is 32.7 Å². The van der Waals surface area contributed by atoms with Crippen LogP contribution in [0.4, 0.5) is 0 Å². The zero-order valence-electron chi connectivity index (χ0n) is 15.8. The van der Waals surface area contributed by atoms with E-state index in [1.54, 1.807) is 0 Å². The van der Waals surface area contributed by atoms with E-state index in [1.807, 2.05) is 7.05 Å². The number of hydrogen-bond acceptors (Lipinski definition) is 2. The van der Waals surface area contributed by atoms with Gasteiger partial charge in [0.1, 0.15) is 0 Å². The van der Waals surface area contributed by atoms with Crippen molar-refractivity contribution in [3.63, 3.8) is 0 Å². The molecule has 0 radical (unpaired) electrons. The summed E-state index contributed by atoms with van der Waals surface area (Å²) in [6.07, 6.45) is 7.99. The molecule has 4 nitrogen and oxygen atoms in total. The van der Waals surface area contributed by atoms with Gasteiger partial charge in [-0.25, -0.2) is 0 Å². The highest BCUT2D eigenvalue weighted by atomic mass is 16.5. The lowest BCUT2D eigenvalue weighted by Gasteiger charge is -2.29. The van der Waals surface area contributed by atoms with Gasteiger partial charge in [-0.3, -0.25) is 4.99 Å². The summed E-state index contributed by atoms with van der Waals surface area (Å²) in [5.74, 6) is 1.42. The summed E-state index contributed by atoms with van der Waals surface area (Å²) in [5.41, 5.74) is 1.76. The standard InChI is InChI=1S/C21H33N3O/c1-3-21(12-7-8-13-21)16-24-20(22-2)23-15-18-11-14-25-19(18)17-9-5-4-6-10-17/h4-6,9-10,18-19H,3,7-8,11-16H2,1-2H3,(H2,22,23,24). The highest BCUT2D eigenvalue weighted by Crippen LogP contribution is 2.40. The Morgan fingerprint density at radius 3 is 2.64 bits per heavy atom. The van der Waals surface area contributed by atoms with Crippen LogP contribution in [0.15, 0.2) is 35.3 Å². The predicted molar refractivity (Wildman–Crippen MR) is 104 cm³/mol. The third-order valence-corrected chi connectivity index (χ3v) is 6.14. The summed E-state index contributed by atoms with van der Waals surface area (Å²) < 4.78 is 5.99. The fraction of sp³-hybridized carbons (Fsp3) is 0.667. The van der Waals surface area contributed by atoms with E-state index in [0.717, 1.165) is 32.1 Å². The van der Waals surface area contributed by atoms with Crippen molar-refractivity contribution < 1.29 is 4.74 Å². The number of hydrogen-bond donors (Lipinski definition) is 2. The Bertz CT molecular complexity index is 552. The number of nitrogens with one attached hydrogen (secondary N) is 2. The number of nitrogens with zero attached hydrogens (tertiary/aromatic N) is 1. The monoisotopic (exact) mass is 343 g/mol. The Labute approximate surface area is 152 Å². The van der Waals surface area contributed by atoms with E-state index < -0.39 is 0 Å². The van der Waals surface area contributed by atoms with Gasteiger partial charge in [0.2, 0.25) is 0 Å². The molecule has 4 heteroatoms. The van der Waals surface area contributed by atoms with E-state index in [4.69, 9.17) is 4.74 Å².